The summed E-state index contributed by atoms with van der Waals surface area (Å²) in [4.78, 5) is 11.7. The molecule has 0 amide bonds. The summed E-state index contributed by atoms with van der Waals surface area (Å²) in [6.45, 7) is 10.6. The molecule has 0 heterocycles. The molecule has 0 radical (unpaired) electrons. The Bertz CT molecular complexity index is 418. The third-order valence-corrected chi connectivity index (χ3v) is 8.01. The standard InChI is InChI=1S/C17H29BrO3/c1-11(19)21-10-13-16(4)8-7-14(18)15(2,3)12(16)6-9-17(13,5)20/h12-14,20H,6-10H2,1-5H3/t12?,13-,14-,16-,17+/m0/s1. The average Bonchev–Trinajstić information content (AvgIpc) is 2.32. The first-order chi connectivity index (χ1) is 9.52. The third kappa shape index (κ3) is 2.90. The minimum atomic E-state index is -0.754. The van der Waals surface area contributed by atoms with E-state index >= 15 is 0 Å². The summed E-state index contributed by atoms with van der Waals surface area (Å²) in [5, 5.41) is 10.9. The number of alkyl halides is 1. The normalized spacial score (nSPS) is 45.8. The molecule has 122 valence electrons. The topological polar surface area (TPSA) is 46.5 Å². The highest BCUT2D eigenvalue weighted by Gasteiger charge is 2.60. The van der Waals surface area contributed by atoms with Gasteiger partial charge in [0.1, 0.15) is 0 Å². The van der Waals surface area contributed by atoms with Crippen molar-refractivity contribution in [3.8, 4) is 0 Å². The summed E-state index contributed by atoms with van der Waals surface area (Å²) in [6, 6.07) is 0. The fourth-order valence-electron chi connectivity index (χ4n) is 5.06. The van der Waals surface area contributed by atoms with Crippen LogP contribution in [0.3, 0.4) is 0 Å². The van der Waals surface area contributed by atoms with Crippen LogP contribution in [-0.4, -0.2) is 28.1 Å². The quantitative estimate of drug-likeness (QED) is 0.599. The van der Waals surface area contributed by atoms with Crippen LogP contribution in [0.4, 0.5) is 0 Å². The summed E-state index contributed by atoms with van der Waals surface area (Å²) < 4.78 is 5.32. The lowest BCUT2D eigenvalue weighted by Gasteiger charge is -2.62. The molecule has 0 spiro atoms. The molecule has 1 N–H and O–H groups in total. The SMILES string of the molecule is CC(=O)OC[C@H]1[C@@]2(C)CC[C@H](Br)C(C)(C)C2CC[C@@]1(C)O. The van der Waals surface area contributed by atoms with Crippen molar-refractivity contribution in [1.29, 1.82) is 0 Å². The molecule has 5 atom stereocenters. The number of carbonyl (C=O) groups is 1. The molecule has 2 saturated carbocycles. The first-order valence-corrected chi connectivity index (χ1v) is 8.93. The third-order valence-electron chi connectivity index (χ3n) is 6.38. The van der Waals surface area contributed by atoms with E-state index in [1.165, 1.54) is 6.92 Å². The number of fused-ring (bicyclic) bond motifs is 1. The second-order valence-corrected chi connectivity index (χ2v) is 9.24. The fourth-order valence-corrected chi connectivity index (χ4v) is 5.61. The molecule has 3 nitrogen and oxygen atoms in total. The van der Waals surface area contributed by atoms with Gasteiger partial charge in [0.25, 0.3) is 0 Å². The lowest BCUT2D eigenvalue weighted by molar-refractivity contribution is -0.186. The van der Waals surface area contributed by atoms with Crippen LogP contribution in [0, 0.1) is 22.7 Å². The van der Waals surface area contributed by atoms with E-state index in [9.17, 15) is 9.90 Å². The van der Waals surface area contributed by atoms with E-state index in [-0.39, 0.29) is 22.7 Å². The molecule has 0 aromatic heterocycles. The van der Waals surface area contributed by atoms with Crippen molar-refractivity contribution in [2.75, 3.05) is 6.61 Å². The number of ether oxygens (including phenoxy) is 1. The maximum absolute atomic E-state index is 11.2. The fraction of sp³-hybridized carbons (Fsp3) is 0.941. The molecule has 0 saturated heterocycles. The molecule has 2 aliphatic carbocycles. The Hall–Kier alpha value is -0.0900. The average molecular weight is 361 g/mol. The van der Waals surface area contributed by atoms with Gasteiger partial charge in [-0.2, -0.15) is 0 Å². The Kier molecular flexibility index (Phi) is 4.54. The minimum Gasteiger partial charge on any atom is -0.465 e. The molecule has 0 aromatic carbocycles. The molecule has 4 heteroatoms. The van der Waals surface area contributed by atoms with Gasteiger partial charge in [0.2, 0.25) is 0 Å². The summed E-state index contributed by atoms with van der Waals surface area (Å²) in [5.74, 6) is 0.279. The van der Waals surface area contributed by atoms with Crippen LogP contribution in [0.15, 0.2) is 0 Å². The van der Waals surface area contributed by atoms with E-state index in [0.717, 1.165) is 25.7 Å². The van der Waals surface area contributed by atoms with Gasteiger partial charge in [0, 0.05) is 17.7 Å². The van der Waals surface area contributed by atoms with Crippen molar-refractivity contribution in [2.45, 2.75) is 70.7 Å². The Morgan fingerprint density at radius 3 is 2.43 bits per heavy atom. The van der Waals surface area contributed by atoms with Crippen LogP contribution in [-0.2, 0) is 9.53 Å². The number of rotatable bonds is 2. The van der Waals surface area contributed by atoms with E-state index in [4.69, 9.17) is 4.74 Å². The first kappa shape index (κ1) is 17.3. The van der Waals surface area contributed by atoms with E-state index < -0.39 is 5.60 Å². The number of aliphatic hydroxyl groups is 1. The van der Waals surface area contributed by atoms with Crippen molar-refractivity contribution in [1.82, 2.24) is 0 Å². The largest absolute Gasteiger partial charge is 0.465 e. The zero-order valence-corrected chi connectivity index (χ0v) is 15.5. The molecular formula is C17H29BrO3. The molecule has 2 rings (SSSR count). The summed E-state index contributed by atoms with van der Waals surface area (Å²) >= 11 is 3.86. The molecule has 1 unspecified atom stereocenters. The van der Waals surface area contributed by atoms with Gasteiger partial charge in [-0.05, 0) is 49.4 Å². The monoisotopic (exact) mass is 360 g/mol. The number of hydrogen-bond acceptors (Lipinski definition) is 3. The van der Waals surface area contributed by atoms with Crippen LogP contribution in [0.5, 0.6) is 0 Å². The number of carbonyl (C=O) groups excluding carboxylic acids is 1. The van der Waals surface area contributed by atoms with Crippen LogP contribution in [0.2, 0.25) is 0 Å². The van der Waals surface area contributed by atoms with Crippen LogP contribution >= 0.6 is 15.9 Å². The van der Waals surface area contributed by atoms with Crippen molar-refractivity contribution in [2.24, 2.45) is 22.7 Å². The lowest BCUT2D eigenvalue weighted by atomic mass is 9.46. The van der Waals surface area contributed by atoms with Crippen LogP contribution < -0.4 is 0 Å². The Balaban J connectivity index is 2.33. The van der Waals surface area contributed by atoms with Gasteiger partial charge in [-0.25, -0.2) is 0 Å². The highest BCUT2D eigenvalue weighted by molar-refractivity contribution is 9.09. The van der Waals surface area contributed by atoms with Crippen molar-refractivity contribution < 1.29 is 14.6 Å². The Morgan fingerprint density at radius 1 is 1.24 bits per heavy atom. The molecule has 2 aliphatic rings. The highest BCUT2D eigenvalue weighted by Crippen LogP contribution is 2.63. The van der Waals surface area contributed by atoms with Gasteiger partial charge in [-0.15, -0.1) is 0 Å². The van der Waals surface area contributed by atoms with Crippen LogP contribution in [0.1, 0.15) is 60.3 Å². The van der Waals surface area contributed by atoms with E-state index in [1.807, 2.05) is 6.92 Å². The maximum atomic E-state index is 11.2. The predicted octanol–water partition coefficient (Wildman–Crippen LogP) is 3.92. The van der Waals surface area contributed by atoms with Crippen molar-refractivity contribution >= 4 is 21.9 Å². The first-order valence-electron chi connectivity index (χ1n) is 8.01. The summed E-state index contributed by atoms with van der Waals surface area (Å²) in [5.41, 5.74) is -0.543. The van der Waals surface area contributed by atoms with Gasteiger partial charge in [0.15, 0.2) is 0 Å². The highest BCUT2D eigenvalue weighted by atomic mass is 79.9. The second-order valence-electron chi connectivity index (χ2n) is 8.14. The predicted molar refractivity (Wildman–Crippen MR) is 87.3 cm³/mol. The smallest absolute Gasteiger partial charge is 0.302 e. The van der Waals surface area contributed by atoms with Crippen molar-refractivity contribution in [3.05, 3.63) is 0 Å². The van der Waals surface area contributed by atoms with Gasteiger partial charge in [-0.1, -0.05) is 36.7 Å². The van der Waals surface area contributed by atoms with E-state index in [2.05, 4.69) is 36.7 Å². The molecule has 0 aromatic rings. The number of esters is 1. The number of hydrogen-bond donors (Lipinski definition) is 1. The van der Waals surface area contributed by atoms with Gasteiger partial charge >= 0.3 is 5.97 Å². The zero-order chi connectivity index (χ0) is 16.1. The zero-order valence-electron chi connectivity index (χ0n) is 13.9. The molecule has 21 heavy (non-hydrogen) atoms. The Labute approximate surface area is 137 Å². The van der Waals surface area contributed by atoms with Gasteiger partial charge in [-0.3, -0.25) is 4.79 Å². The van der Waals surface area contributed by atoms with Gasteiger partial charge in [0.05, 0.1) is 12.2 Å². The second kappa shape index (κ2) is 5.52. The molecular weight excluding hydrogens is 332 g/mol. The van der Waals surface area contributed by atoms with Gasteiger partial charge < -0.3 is 9.84 Å². The summed E-state index contributed by atoms with van der Waals surface area (Å²) in [6.07, 6.45) is 3.99. The number of halogens is 1. The van der Waals surface area contributed by atoms with Crippen molar-refractivity contribution in [3.63, 3.8) is 0 Å². The lowest BCUT2D eigenvalue weighted by Crippen LogP contribution is -2.61. The molecule has 2 fully saturated rings. The minimum absolute atomic E-state index is 0.00641. The van der Waals surface area contributed by atoms with E-state index in [0.29, 0.717) is 17.4 Å². The Morgan fingerprint density at radius 2 is 1.86 bits per heavy atom. The van der Waals surface area contributed by atoms with E-state index in [1.54, 1.807) is 0 Å². The molecule has 0 bridgehead atoms. The molecule has 0 aliphatic heterocycles. The maximum Gasteiger partial charge on any atom is 0.302 e. The summed E-state index contributed by atoms with van der Waals surface area (Å²) in [7, 11) is 0. The van der Waals surface area contributed by atoms with Crippen LogP contribution in [0.25, 0.3) is 0 Å².